The predicted octanol–water partition coefficient (Wildman–Crippen LogP) is 3.82. The number of aliphatic hydroxyl groups is 4. The van der Waals surface area contributed by atoms with E-state index in [4.69, 9.17) is 37.9 Å². The lowest BCUT2D eigenvalue weighted by atomic mass is 9.43. The van der Waals surface area contributed by atoms with Crippen molar-refractivity contribution < 1.29 is 67.9 Å². The van der Waals surface area contributed by atoms with Crippen molar-refractivity contribution in [2.24, 2.45) is 34.5 Å². The molecule has 0 radical (unpaired) electrons. The molecule has 4 aliphatic heterocycles. The minimum atomic E-state index is -0.992. The maximum Gasteiger partial charge on any atom is 0.331 e. The van der Waals surface area contributed by atoms with Crippen LogP contribution in [0.4, 0.5) is 0 Å². The number of hydrogen-bond donors (Lipinski definition) is 4. The molecule has 0 amide bonds. The van der Waals surface area contributed by atoms with Crippen LogP contribution < -0.4 is 0 Å². The molecule has 57 heavy (non-hydrogen) atoms. The van der Waals surface area contributed by atoms with E-state index in [1.54, 1.807) is 19.9 Å². The van der Waals surface area contributed by atoms with Gasteiger partial charge in [-0.3, -0.25) is 4.79 Å². The lowest BCUT2D eigenvalue weighted by Crippen LogP contribution is -2.62. The highest BCUT2D eigenvalue weighted by atomic mass is 16.7. The molecule has 7 fully saturated rings. The molecule has 8 rings (SSSR count). The van der Waals surface area contributed by atoms with Gasteiger partial charge >= 0.3 is 11.9 Å². The summed E-state index contributed by atoms with van der Waals surface area (Å²) in [7, 11) is 0. The van der Waals surface area contributed by atoms with Gasteiger partial charge in [0.15, 0.2) is 18.9 Å². The van der Waals surface area contributed by atoms with Gasteiger partial charge in [0, 0.05) is 37.7 Å². The SMILES string of the molecule is CC(=O)O[C@H]1C[C@H](O[C@H]2[C@@H](O)C[C@H](O[C@H]3[C@@H](O)C[C@H](O[C@@H]4CC[C@@]5(C)[C@H](CC[C@@H]6[C@@H]5CC[C@]5(C)[C@@H](C7=CC(=O)OC7)CC[C@]65O)C4)O[C@@H]3C)O[C@@H]2C)O[C@H](C)[C@H]1O. The first kappa shape index (κ1) is 42.0. The number of carbonyl (C=O) groups is 2. The third-order valence-electron chi connectivity index (χ3n) is 16.2. The van der Waals surface area contributed by atoms with E-state index in [-0.39, 0.29) is 54.0 Å². The van der Waals surface area contributed by atoms with Crippen LogP contribution >= 0.6 is 0 Å². The zero-order chi connectivity index (χ0) is 40.6. The Morgan fingerprint density at radius 3 is 2.00 bits per heavy atom. The van der Waals surface area contributed by atoms with E-state index in [2.05, 4.69) is 13.8 Å². The van der Waals surface area contributed by atoms with Crippen molar-refractivity contribution in [3.8, 4) is 0 Å². The highest BCUT2D eigenvalue weighted by Gasteiger charge is 2.68. The Kier molecular flexibility index (Phi) is 11.8. The Labute approximate surface area is 336 Å². The summed E-state index contributed by atoms with van der Waals surface area (Å²) in [5.41, 5.74) is 0.189. The maximum atomic E-state index is 12.6. The van der Waals surface area contributed by atoms with Gasteiger partial charge in [0.1, 0.15) is 31.0 Å². The summed E-state index contributed by atoms with van der Waals surface area (Å²) in [6.07, 6.45) is 1.76. The lowest BCUT2D eigenvalue weighted by Gasteiger charge is -2.64. The summed E-state index contributed by atoms with van der Waals surface area (Å²) in [6.45, 7) is 11.7. The number of cyclic esters (lactones) is 1. The smallest absolute Gasteiger partial charge is 0.331 e. The molecule has 3 saturated heterocycles. The fraction of sp³-hybridized carbons (Fsp3) is 0.907. The molecule has 4 aliphatic carbocycles. The highest BCUT2D eigenvalue weighted by molar-refractivity contribution is 5.85. The second kappa shape index (κ2) is 16.0. The van der Waals surface area contributed by atoms with Crippen LogP contribution in [0.5, 0.6) is 0 Å². The molecular formula is C43H66O14. The predicted molar refractivity (Wildman–Crippen MR) is 201 cm³/mol. The minimum Gasteiger partial charge on any atom is -0.459 e. The Morgan fingerprint density at radius 2 is 1.39 bits per heavy atom. The number of fused-ring (bicyclic) bond motifs is 5. The van der Waals surface area contributed by atoms with E-state index in [0.29, 0.717) is 18.4 Å². The summed E-state index contributed by atoms with van der Waals surface area (Å²) < 4.78 is 47.8. The van der Waals surface area contributed by atoms with Crippen LogP contribution in [0.15, 0.2) is 11.6 Å². The molecule has 0 spiro atoms. The summed E-state index contributed by atoms with van der Waals surface area (Å²) >= 11 is 0. The normalized spacial score (nSPS) is 52.6. The molecule has 322 valence electrons. The van der Waals surface area contributed by atoms with Gasteiger partial charge in [-0.05, 0) is 113 Å². The molecule has 0 aromatic carbocycles. The van der Waals surface area contributed by atoms with Gasteiger partial charge in [-0.2, -0.15) is 0 Å². The van der Waals surface area contributed by atoms with Crippen molar-refractivity contribution in [1.82, 2.24) is 0 Å². The Balaban J connectivity index is 0.819. The summed E-state index contributed by atoms with van der Waals surface area (Å²) in [5, 5.41) is 45.4. The standard InChI is InChI=1S/C43H66O14/c1-21-38(48)33(54-24(4)44)19-37(51-21)57-40-23(3)53-36(18-32(40)46)56-39-22(2)52-35(17-31(39)45)55-27-9-12-41(5)26(16-27)7-8-30-29(41)10-13-42(6)28(11-14-43(30,42)49)25-15-34(47)50-20-25/h15,21-23,26-33,35-40,45-46,48-49H,7-14,16-20H2,1-6H3/t21-,22-,23-,26-,27-,28-,29+,30-,31+,32+,33+,35+,36+,37+,38-,39-,40-,41+,42-,43+/m1/s1. The fourth-order valence-electron chi connectivity index (χ4n) is 13.1. The lowest BCUT2D eigenvalue weighted by molar-refractivity contribution is -0.336. The van der Waals surface area contributed by atoms with Crippen LogP contribution in [-0.4, -0.2) is 124 Å². The van der Waals surface area contributed by atoms with Crippen molar-refractivity contribution >= 4 is 11.9 Å². The number of carbonyl (C=O) groups excluding carboxylic acids is 2. The first-order valence-electron chi connectivity index (χ1n) is 21.7. The fourth-order valence-corrected chi connectivity index (χ4v) is 13.1. The molecule has 4 saturated carbocycles. The largest absolute Gasteiger partial charge is 0.459 e. The average molecular weight is 807 g/mol. The van der Waals surface area contributed by atoms with E-state index in [1.165, 1.54) is 6.92 Å². The minimum absolute atomic E-state index is 0.0134. The Hall–Kier alpha value is -1.72. The third kappa shape index (κ3) is 7.65. The second-order valence-electron chi connectivity index (χ2n) is 19.3. The first-order chi connectivity index (χ1) is 27.0. The van der Waals surface area contributed by atoms with E-state index in [1.807, 2.05) is 6.92 Å². The van der Waals surface area contributed by atoms with Crippen LogP contribution in [0.3, 0.4) is 0 Å². The third-order valence-corrected chi connectivity index (χ3v) is 16.2. The molecular weight excluding hydrogens is 740 g/mol. The van der Waals surface area contributed by atoms with Gasteiger partial charge < -0.3 is 58.3 Å². The van der Waals surface area contributed by atoms with Gasteiger partial charge in [0.25, 0.3) is 0 Å². The zero-order valence-corrected chi connectivity index (χ0v) is 34.5. The van der Waals surface area contributed by atoms with Gasteiger partial charge in [-0.15, -0.1) is 0 Å². The number of rotatable bonds is 8. The second-order valence-corrected chi connectivity index (χ2v) is 19.3. The molecule has 0 bridgehead atoms. The van der Waals surface area contributed by atoms with Crippen LogP contribution in [-0.2, 0) is 47.5 Å². The molecule has 20 atom stereocenters. The molecule has 0 unspecified atom stereocenters. The molecule has 14 nitrogen and oxygen atoms in total. The van der Waals surface area contributed by atoms with Crippen LogP contribution in [0, 0.1) is 34.5 Å². The van der Waals surface area contributed by atoms with E-state index < -0.39 is 85.4 Å². The zero-order valence-electron chi connectivity index (χ0n) is 34.5. The Bertz CT molecular complexity index is 1500. The van der Waals surface area contributed by atoms with Crippen LogP contribution in [0.25, 0.3) is 0 Å². The number of hydrogen-bond acceptors (Lipinski definition) is 14. The molecule has 14 heteroatoms. The quantitative estimate of drug-likeness (QED) is 0.205. The molecule has 4 heterocycles. The number of ether oxygens (including phenoxy) is 8. The van der Waals surface area contributed by atoms with E-state index >= 15 is 0 Å². The monoisotopic (exact) mass is 806 g/mol. The van der Waals surface area contributed by atoms with Crippen molar-refractivity contribution in [3.63, 3.8) is 0 Å². The average Bonchev–Trinajstić information content (AvgIpc) is 3.69. The summed E-state index contributed by atoms with van der Waals surface area (Å²) in [4.78, 5) is 23.5. The van der Waals surface area contributed by atoms with Crippen molar-refractivity contribution in [2.75, 3.05) is 6.61 Å². The van der Waals surface area contributed by atoms with E-state index in [0.717, 1.165) is 63.4 Å². The highest BCUT2D eigenvalue weighted by Crippen LogP contribution is 2.70. The van der Waals surface area contributed by atoms with Gasteiger partial charge in [-0.1, -0.05) is 13.8 Å². The molecule has 0 aromatic heterocycles. The summed E-state index contributed by atoms with van der Waals surface area (Å²) in [5.74, 6) is 0.591. The van der Waals surface area contributed by atoms with E-state index in [9.17, 15) is 30.0 Å². The number of esters is 2. The van der Waals surface area contributed by atoms with Gasteiger partial charge in [0.2, 0.25) is 0 Å². The van der Waals surface area contributed by atoms with Crippen LogP contribution in [0.2, 0.25) is 0 Å². The van der Waals surface area contributed by atoms with Crippen molar-refractivity contribution in [2.45, 2.75) is 204 Å². The van der Waals surface area contributed by atoms with Gasteiger partial charge in [0.05, 0.1) is 42.2 Å². The Morgan fingerprint density at radius 1 is 0.754 bits per heavy atom. The van der Waals surface area contributed by atoms with Crippen molar-refractivity contribution in [3.05, 3.63) is 11.6 Å². The molecule has 0 aromatic rings. The first-order valence-corrected chi connectivity index (χ1v) is 21.7. The summed E-state index contributed by atoms with van der Waals surface area (Å²) in [6, 6.07) is 0. The molecule has 8 aliphatic rings. The van der Waals surface area contributed by atoms with Gasteiger partial charge in [-0.25, -0.2) is 4.79 Å². The van der Waals surface area contributed by atoms with Crippen LogP contribution in [0.1, 0.15) is 119 Å². The topological polar surface area (TPSA) is 189 Å². The molecule has 4 N–H and O–H groups in total. The maximum absolute atomic E-state index is 12.6. The van der Waals surface area contributed by atoms with Crippen molar-refractivity contribution in [1.29, 1.82) is 0 Å². The number of aliphatic hydroxyl groups excluding tert-OH is 3.